The van der Waals surface area contributed by atoms with E-state index in [4.69, 9.17) is 5.11 Å². The van der Waals surface area contributed by atoms with Gasteiger partial charge in [-0.2, -0.15) is 13.2 Å². The van der Waals surface area contributed by atoms with Crippen molar-refractivity contribution in [3.63, 3.8) is 0 Å². The predicted molar refractivity (Wildman–Crippen MR) is 58.7 cm³/mol. The highest BCUT2D eigenvalue weighted by molar-refractivity contribution is 7.89. The number of aliphatic hydroxyl groups is 1. The first-order valence-corrected chi connectivity index (χ1v) is 6.62. The van der Waals surface area contributed by atoms with Crippen molar-refractivity contribution in [1.82, 2.24) is 4.72 Å². The van der Waals surface area contributed by atoms with Crippen LogP contribution in [0.25, 0.3) is 0 Å². The molecule has 0 aliphatic carbocycles. The third-order valence-corrected chi connectivity index (χ3v) is 3.66. The molecule has 114 valence electrons. The normalized spacial score (nSPS) is 13.5. The summed E-state index contributed by atoms with van der Waals surface area (Å²) >= 11 is 0. The largest absolute Gasteiger partial charge is 0.416 e. The monoisotopic (exact) mass is 319 g/mol. The van der Waals surface area contributed by atoms with Crippen molar-refractivity contribution in [2.45, 2.75) is 17.0 Å². The number of sulfonamides is 1. The molecule has 0 bridgehead atoms. The first kappa shape index (κ1) is 16.8. The summed E-state index contributed by atoms with van der Waals surface area (Å²) in [6.07, 6.45) is -4.63. The van der Waals surface area contributed by atoms with Crippen molar-refractivity contribution >= 4 is 10.0 Å². The zero-order valence-corrected chi connectivity index (χ0v) is 10.6. The smallest absolute Gasteiger partial charge is 0.390 e. The lowest BCUT2D eigenvalue weighted by Gasteiger charge is -2.14. The molecule has 0 aliphatic rings. The first-order valence-electron chi connectivity index (χ1n) is 5.13. The van der Waals surface area contributed by atoms with Gasteiger partial charge in [-0.1, -0.05) is 0 Å². The highest BCUT2D eigenvalue weighted by Gasteiger charge is 2.32. The number of hydrogen-bond donors (Lipinski definition) is 2. The van der Waals surface area contributed by atoms with Crippen LogP contribution in [0, 0.1) is 0 Å². The van der Waals surface area contributed by atoms with Gasteiger partial charge in [-0.25, -0.2) is 21.9 Å². The molecule has 1 rings (SSSR count). The van der Waals surface area contributed by atoms with Gasteiger partial charge in [-0.15, -0.1) is 0 Å². The van der Waals surface area contributed by atoms with E-state index in [2.05, 4.69) is 0 Å². The minimum Gasteiger partial charge on any atom is -0.390 e. The molecule has 0 radical (unpaired) electrons. The van der Waals surface area contributed by atoms with Crippen LogP contribution in [0.15, 0.2) is 29.2 Å². The van der Waals surface area contributed by atoms with Crippen molar-refractivity contribution in [3.8, 4) is 0 Å². The molecular weight excluding hydrogens is 309 g/mol. The van der Waals surface area contributed by atoms with E-state index in [1.165, 1.54) is 4.72 Å². The van der Waals surface area contributed by atoms with E-state index in [-0.39, 0.29) is 0 Å². The molecule has 0 aliphatic heterocycles. The van der Waals surface area contributed by atoms with Crippen molar-refractivity contribution < 1.29 is 35.5 Å². The quantitative estimate of drug-likeness (QED) is 0.811. The molecule has 1 aromatic carbocycles. The Morgan fingerprint density at radius 3 is 1.95 bits per heavy atom. The highest BCUT2D eigenvalue weighted by atomic mass is 32.2. The Kier molecular flexibility index (Phi) is 4.72. The molecule has 0 heterocycles. The van der Waals surface area contributed by atoms with Crippen molar-refractivity contribution in [2.24, 2.45) is 0 Å². The topological polar surface area (TPSA) is 66.4 Å². The van der Waals surface area contributed by atoms with E-state index in [1.807, 2.05) is 0 Å². The van der Waals surface area contributed by atoms with E-state index in [0.717, 1.165) is 0 Å². The van der Waals surface area contributed by atoms with Crippen LogP contribution in [0.5, 0.6) is 0 Å². The van der Waals surface area contributed by atoms with Crippen LogP contribution in [0.4, 0.5) is 22.0 Å². The van der Waals surface area contributed by atoms with Crippen molar-refractivity contribution in [1.29, 1.82) is 0 Å². The molecule has 0 saturated carbocycles. The Bertz CT molecular complexity index is 553. The van der Waals surface area contributed by atoms with Gasteiger partial charge in [-0.3, -0.25) is 0 Å². The Morgan fingerprint density at radius 2 is 1.55 bits per heavy atom. The number of aliphatic hydroxyl groups excluding tert-OH is 1. The standard InChI is InChI=1S/C10H10F5NO3S/c11-9(12,6-17)5-16-20(18,19)8-3-1-7(2-4-8)10(13,14)15/h1-4,16-17H,5-6H2. The Balaban J connectivity index is 2.89. The minimum atomic E-state index is -4.63. The second-order valence-corrected chi connectivity index (χ2v) is 5.63. The van der Waals surface area contributed by atoms with Gasteiger partial charge in [0.1, 0.15) is 6.61 Å². The highest BCUT2D eigenvalue weighted by Crippen LogP contribution is 2.29. The summed E-state index contributed by atoms with van der Waals surface area (Å²) in [7, 11) is -4.37. The molecule has 1 aromatic rings. The number of rotatable bonds is 5. The number of hydrogen-bond acceptors (Lipinski definition) is 3. The summed E-state index contributed by atoms with van der Waals surface area (Å²) in [5.74, 6) is -3.65. The summed E-state index contributed by atoms with van der Waals surface area (Å²) in [5.41, 5.74) is -1.06. The maximum Gasteiger partial charge on any atom is 0.416 e. The molecule has 4 nitrogen and oxygen atoms in total. The average molecular weight is 319 g/mol. The molecular formula is C10H10F5NO3S. The van der Waals surface area contributed by atoms with Crippen LogP contribution in [0.2, 0.25) is 0 Å². The SMILES string of the molecule is O=S(=O)(NCC(F)(F)CO)c1ccc(C(F)(F)F)cc1. The molecule has 0 fully saturated rings. The van der Waals surface area contributed by atoms with E-state index < -0.39 is 45.7 Å². The van der Waals surface area contributed by atoms with Gasteiger partial charge in [0.05, 0.1) is 17.0 Å². The summed E-state index contributed by atoms with van der Waals surface area (Å²) in [6, 6.07) is 2.36. The maximum atomic E-state index is 12.7. The van der Waals surface area contributed by atoms with Gasteiger partial charge in [0.15, 0.2) is 0 Å². The third kappa shape index (κ3) is 4.39. The molecule has 10 heteroatoms. The van der Waals surface area contributed by atoms with E-state index >= 15 is 0 Å². The Labute approximate surface area is 111 Å². The summed E-state index contributed by atoms with van der Waals surface area (Å²) in [4.78, 5) is -0.584. The summed E-state index contributed by atoms with van der Waals surface area (Å²) in [6.45, 7) is -2.91. The van der Waals surface area contributed by atoms with Gasteiger partial charge in [0.2, 0.25) is 10.0 Å². The van der Waals surface area contributed by atoms with Crippen LogP contribution < -0.4 is 4.72 Å². The molecule has 0 amide bonds. The molecule has 0 unspecified atom stereocenters. The van der Waals surface area contributed by atoms with Crippen LogP contribution in [-0.4, -0.2) is 32.6 Å². The van der Waals surface area contributed by atoms with Crippen molar-refractivity contribution in [3.05, 3.63) is 29.8 Å². The van der Waals surface area contributed by atoms with Crippen LogP contribution >= 0.6 is 0 Å². The number of benzene rings is 1. The molecule has 0 aromatic heterocycles. The van der Waals surface area contributed by atoms with Crippen molar-refractivity contribution in [2.75, 3.05) is 13.2 Å². The fourth-order valence-electron chi connectivity index (χ4n) is 1.16. The van der Waals surface area contributed by atoms with Gasteiger partial charge in [0.25, 0.3) is 5.92 Å². The summed E-state index contributed by atoms with van der Waals surface area (Å²) < 4.78 is 86.8. The molecule has 2 N–H and O–H groups in total. The van der Waals surface area contributed by atoms with E-state index in [1.54, 1.807) is 0 Å². The predicted octanol–water partition coefficient (Wildman–Crippen LogP) is 1.61. The second-order valence-electron chi connectivity index (χ2n) is 3.86. The third-order valence-electron chi connectivity index (χ3n) is 2.24. The van der Waals surface area contributed by atoms with E-state index in [0.29, 0.717) is 24.3 Å². The fourth-order valence-corrected chi connectivity index (χ4v) is 2.23. The van der Waals surface area contributed by atoms with Gasteiger partial charge in [0, 0.05) is 0 Å². The van der Waals surface area contributed by atoms with Gasteiger partial charge < -0.3 is 5.11 Å². The summed E-state index contributed by atoms with van der Waals surface area (Å²) in [5, 5.41) is 8.28. The Morgan fingerprint density at radius 1 is 1.05 bits per heavy atom. The van der Waals surface area contributed by atoms with Crippen LogP contribution in [-0.2, 0) is 16.2 Å². The Hall–Kier alpha value is -1.26. The molecule has 0 spiro atoms. The lowest BCUT2D eigenvalue weighted by molar-refractivity contribution is -0.137. The molecule has 0 atom stereocenters. The lowest BCUT2D eigenvalue weighted by atomic mass is 10.2. The van der Waals surface area contributed by atoms with E-state index in [9.17, 15) is 30.4 Å². The van der Waals surface area contributed by atoms with Crippen LogP contribution in [0.1, 0.15) is 5.56 Å². The first-order chi connectivity index (χ1) is 8.98. The van der Waals surface area contributed by atoms with Gasteiger partial charge >= 0.3 is 6.18 Å². The number of nitrogens with one attached hydrogen (secondary N) is 1. The molecule has 20 heavy (non-hydrogen) atoms. The number of alkyl halides is 5. The zero-order chi connectivity index (χ0) is 15.6. The zero-order valence-electron chi connectivity index (χ0n) is 9.79. The maximum absolute atomic E-state index is 12.7. The minimum absolute atomic E-state index is 0.527. The second kappa shape index (κ2) is 5.62. The number of halogens is 5. The van der Waals surface area contributed by atoms with Gasteiger partial charge in [-0.05, 0) is 24.3 Å². The average Bonchev–Trinajstić information content (AvgIpc) is 2.36. The fraction of sp³-hybridized carbons (Fsp3) is 0.400. The van der Waals surface area contributed by atoms with Crippen LogP contribution in [0.3, 0.4) is 0 Å². The molecule has 0 saturated heterocycles. The lowest BCUT2D eigenvalue weighted by Crippen LogP contribution is -2.38.